The van der Waals surface area contributed by atoms with Gasteiger partial charge >= 0.3 is 115 Å². The Hall–Kier alpha value is 0.389. The van der Waals surface area contributed by atoms with Gasteiger partial charge in [0.1, 0.15) is 0 Å². The molecule has 0 aliphatic carbocycles. The zero-order valence-corrected chi connectivity index (χ0v) is 12.7. The van der Waals surface area contributed by atoms with Gasteiger partial charge in [0.2, 0.25) is 0 Å². The Balaban J connectivity index is 2.40. The molecule has 0 aromatic heterocycles. The molecule has 2 atom stereocenters. The maximum absolute atomic E-state index is 11.2. The van der Waals surface area contributed by atoms with Crippen molar-refractivity contribution in [1.29, 1.82) is 0 Å². The van der Waals surface area contributed by atoms with Gasteiger partial charge in [-0.2, -0.15) is 0 Å². The van der Waals surface area contributed by atoms with Crippen LogP contribution < -0.4 is 0 Å². The molecule has 0 aromatic rings. The molecule has 1 fully saturated rings. The molecular weight excluding hydrogens is 327 g/mol. The molecule has 2 nitrogen and oxygen atoms in total. The van der Waals surface area contributed by atoms with E-state index in [0.717, 1.165) is 10.6 Å². The first-order chi connectivity index (χ1) is 7.65. The van der Waals surface area contributed by atoms with Crippen LogP contribution in [-0.2, 0) is 9.59 Å². The zero-order chi connectivity index (χ0) is 12.0. The fraction of sp³-hybridized carbons (Fsp3) is 0.400. The minimum atomic E-state index is 0.0222. The van der Waals surface area contributed by atoms with Crippen LogP contribution in [-0.4, -0.2) is 34.4 Å². The molecule has 1 aliphatic rings. The van der Waals surface area contributed by atoms with Crippen LogP contribution in [0.5, 0.6) is 0 Å². The number of carbonyl (C=O) groups excluding carboxylic acids is 2. The van der Waals surface area contributed by atoms with E-state index < -0.39 is 0 Å². The molecule has 16 heavy (non-hydrogen) atoms. The van der Waals surface area contributed by atoms with Crippen LogP contribution >= 0.6 is 35.3 Å². The Morgan fingerprint density at radius 1 is 1.12 bits per heavy atom. The summed E-state index contributed by atoms with van der Waals surface area (Å²) in [6.07, 6.45) is 2.70. The summed E-state index contributed by atoms with van der Waals surface area (Å²) in [4.78, 5) is 22.4. The number of rotatable bonds is 4. The normalized spacial score (nSPS) is 24.8. The fourth-order valence-corrected chi connectivity index (χ4v) is 9.30. The summed E-state index contributed by atoms with van der Waals surface area (Å²) in [7, 11) is 0. The van der Waals surface area contributed by atoms with Crippen molar-refractivity contribution in [3.05, 3.63) is 25.3 Å². The molecule has 1 aliphatic heterocycles. The average Bonchev–Trinajstić information content (AvgIpc) is 2.29. The van der Waals surface area contributed by atoms with Crippen LogP contribution in [0.2, 0.25) is 10.6 Å². The second kappa shape index (κ2) is 7.66. The predicted molar refractivity (Wildman–Crippen MR) is 76.1 cm³/mol. The summed E-state index contributed by atoms with van der Waals surface area (Å²) in [6, 6.07) is 0. The predicted octanol–water partition coefficient (Wildman–Crippen LogP) is 2.82. The second-order valence-electron chi connectivity index (χ2n) is 2.81. The molecule has 88 valence electrons. The summed E-state index contributed by atoms with van der Waals surface area (Å²) in [5, 5.41) is 2.21. The summed E-state index contributed by atoms with van der Waals surface area (Å²) in [5.74, 6) is 0. The van der Waals surface area contributed by atoms with Crippen LogP contribution in [0, 0.1) is 0 Å². The van der Waals surface area contributed by atoms with Gasteiger partial charge in [0, 0.05) is 0 Å². The van der Waals surface area contributed by atoms with E-state index >= 15 is 0 Å². The minimum absolute atomic E-state index is 0.0222. The molecule has 0 N–H and O–H groups in total. The molecular formula is C10H12O2S3Se. The van der Waals surface area contributed by atoms with Gasteiger partial charge in [0.05, 0.1) is 0 Å². The number of hydrogen-bond donors (Lipinski definition) is 0. The third-order valence-electron chi connectivity index (χ3n) is 1.64. The molecule has 1 heterocycles. The van der Waals surface area contributed by atoms with Crippen LogP contribution in [0.15, 0.2) is 25.3 Å². The Labute approximate surface area is 115 Å². The second-order valence-corrected chi connectivity index (χ2v) is 9.49. The van der Waals surface area contributed by atoms with Crippen molar-refractivity contribution in [1.82, 2.24) is 0 Å². The van der Waals surface area contributed by atoms with Crippen molar-refractivity contribution in [3.63, 3.8) is 0 Å². The van der Waals surface area contributed by atoms with E-state index in [1.54, 1.807) is 11.8 Å². The van der Waals surface area contributed by atoms with Crippen LogP contribution in [0.1, 0.15) is 0 Å². The van der Waals surface area contributed by atoms with Gasteiger partial charge < -0.3 is 0 Å². The molecule has 0 saturated carbocycles. The van der Waals surface area contributed by atoms with Gasteiger partial charge in [0.25, 0.3) is 0 Å². The standard InChI is InChI=1S/C10H12O2S3Se/c1-3-7(11)13-9-5-16-6-10(15-9)14-8(12)4-2/h3-4,9-10H,1-2,5-6H2. The van der Waals surface area contributed by atoms with Gasteiger partial charge in [-0.1, -0.05) is 0 Å². The number of carbonyl (C=O) groups is 2. The topological polar surface area (TPSA) is 34.1 Å². The van der Waals surface area contributed by atoms with E-state index in [1.807, 2.05) is 0 Å². The van der Waals surface area contributed by atoms with Gasteiger partial charge in [0.15, 0.2) is 0 Å². The first-order valence-corrected chi connectivity index (χ1v) is 9.67. The summed E-state index contributed by atoms with van der Waals surface area (Å²) >= 11 is 4.91. The summed E-state index contributed by atoms with van der Waals surface area (Å²) < 4.78 is 0.573. The van der Waals surface area contributed by atoms with E-state index in [2.05, 4.69) is 13.2 Å². The van der Waals surface area contributed by atoms with Crippen molar-refractivity contribution >= 4 is 60.5 Å². The average molecular weight is 339 g/mol. The van der Waals surface area contributed by atoms with Crippen molar-refractivity contribution in [2.45, 2.75) is 19.8 Å². The summed E-state index contributed by atoms with van der Waals surface area (Å²) in [6.45, 7) is 6.92. The van der Waals surface area contributed by atoms with Crippen molar-refractivity contribution in [2.24, 2.45) is 0 Å². The molecule has 0 bridgehead atoms. The molecule has 0 amide bonds. The van der Waals surface area contributed by atoms with E-state index in [1.165, 1.54) is 35.7 Å². The molecule has 1 saturated heterocycles. The Morgan fingerprint density at radius 2 is 1.56 bits per heavy atom. The van der Waals surface area contributed by atoms with Crippen molar-refractivity contribution in [2.75, 3.05) is 0 Å². The van der Waals surface area contributed by atoms with Crippen LogP contribution in [0.25, 0.3) is 0 Å². The Bertz CT molecular complexity index is 278. The SMILES string of the molecule is C=CC(=O)SC1C[Se]CC(SC(=O)C=C)S1. The Morgan fingerprint density at radius 3 is 1.94 bits per heavy atom. The maximum atomic E-state index is 11.2. The van der Waals surface area contributed by atoms with Gasteiger partial charge in [-0.05, 0) is 0 Å². The summed E-state index contributed by atoms with van der Waals surface area (Å²) in [5.41, 5.74) is 0. The number of thioether (sulfide) groups is 3. The molecule has 6 heteroatoms. The van der Waals surface area contributed by atoms with E-state index in [-0.39, 0.29) is 19.4 Å². The monoisotopic (exact) mass is 340 g/mol. The molecule has 2 unspecified atom stereocenters. The quantitative estimate of drug-likeness (QED) is 0.581. The molecule has 1 rings (SSSR count). The van der Waals surface area contributed by atoms with Gasteiger partial charge in [-0.15, -0.1) is 0 Å². The van der Waals surface area contributed by atoms with E-state index in [9.17, 15) is 9.59 Å². The first-order valence-electron chi connectivity index (χ1n) is 4.55. The van der Waals surface area contributed by atoms with Gasteiger partial charge in [-0.25, -0.2) is 0 Å². The van der Waals surface area contributed by atoms with E-state index in [4.69, 9.17) is 0 Å². The fourth-order valence-electron chi connectivity index (χ4n) is 0.987. The molecule has 0 radical (unpaired) electrons. The molecule has 0 spiro atoms. The molecule has 0 aromatic carbocycles. The van der Waals surface area contributed by atoms with Gasteiger partial charge in [-0.3, -0.25) is 0 Å². The third kappa shape index (κ3) is 5.15. The number of hydrogen-bond acceptors (Lipinski definition) is 5. The zero-order valence-electron chi connectivity index (χ0n) is 8.59. The van der Waals surface area contributed by atoms with Crippen molar-refractivity contribution < 1.29 is 9.59 Å². The third-order valence-corrected chi connectivity index (χ3v) is 9.77. The first kappa shape index (κ1) is 14.5. The van der Waals surface area contributed by atoms with Crippen LogP contribution in [0.4, 0.5) is 0 Å². The van der Waals surface area contributed by atoms with E-state index in [0.29, 0.717) is 15.0 Å². The van der Waals surface area contributed by atoms with Crippen LogP contribution in [0.3, 0.4) is 0 Å². The Kier molecular flexibility index (Phi) is 6.92. The van der Waals surface area contributed by atoms with Crippen molar-refractivity contribution in [3.8, 4) is 0 Å².